The van der Waals surface area contributed by atoms with Crippen molar-refractivity contribution >= 4 is 16.5 Å². The van der Waals surface area contributed by atoms with Crippen LogP contribution in [0.1, 0.15) is 12.8 Å². The fraction of sp³-hybridized carbons (Fsp3) is 0.455. The van der Waals surface area contributed by atoms with E-state index in [1.165, 1.54) is 25.0 Å². The largest absolute Gasteiger partial charge is 0.396 e. The highest BCUT2D eigenvalue weighted by molar-refractivity contribution is 7.84. The molecule has 16 heavy (non-hydrogen) atoms. The molecule has 1 fully saturated rings. The van der Waals surface area contributed by atoms with E-state index >= 15 is 0 Å². The van der Waals surface area contributed by atoms with E-state index < -0.39 is 16.6 Å². The molecule has 2 N–H and O–H groups in total. The molecule has 88 valence electrons. The van der Waals surface area contributed by atoms with Crippen molar-refractivity contribution in [3.05, 3.63) is 24.0 Å². The van der Waals surface area contributed by atoms with Gasteiger partial charge in [-0.1, -0.05) is 0 Å². The van der Waals surface area contributed by atoms with Gasteiger partial charge >= 0.3 is 0 Å². The Hall–Kier alpha value is -0.940. The lowest BCUT2D eigenvalue weighted by Crippen LogP contribution is -2.05. The van der Waals surface area contributed by atoms with Gasteiger partial charge in [0.1, 0.15) is 11.8 Å². The van der Waals surface area contributed by atoms with Gasteiger partial charge in [-0.15, -0.1) is 0 Å². The summed E-state index contributed by atoms with van der Waals surface area (Å²) < 4.78 is 30.1. The van der Waals surface area contributed by atoms with Crippen molar-refractivity contribution in [3.63, 3.8) is 0 Å². The summed E-state index contributed by atoms with van der Waals surface area (Å²) in [6.45, 7) is 0.656. The van der Waals surface area contributed by atoms with Gasteiger partial charge in [0, 0.05) is 4.90 Å². The summed E-state index contributed by atoms with van der Waals surface area (Å²) in [4.78, 5) is 0.419. The van der Waals surface area contributed by atoms with Crippen molar-refractivity contribution in [1.29, 1.82) is 0 Å². The molecule has 2 rings (SSSR count). The van der Waals surface area contributed by atoms with Crippen LogP contribution in [0.3, 0.4) is 0 Å². The van der Waals surface area contributed by atoms with E-state index in [0.29, 0.717) is 17.4 Å². The summed E-state index contributed by atoms with van der Waals surface area (Å²) in [5.41, 5.74) is 5.40. The lowest BCUT2D eigenvalue weighted by atomic mass is 10.3. The number of hydrogen-bond acceptors (Lipinski definition) is 3. The third-order valence-corrected chi connectivity index (χ3v) is 3.64. The number of rotatable bonds is 5. The lowest BCUT2D eigenvalue weighted by molar-refractivity contribution is 0.168. The fourth-order valence-corrected chi connectivity index (χ4v) is 2.13. The van der Waals surface area contributed by atoms with E-state index in [0.717, 1.165) is 0 Å². The summed E-state index contributed by atoms with van der Waals surface area (Å²) in [5.74, 6) is 0.230. The Morgan fingerprint density at radius 2 is 2.25 bits per heavy atom. The predicted octanol–water partition coefficient (Wildman–Crippen LogP) is 1.90. The Morgan fingerprint density at radius 3 is 2.88 bits per heavy atom. The number of nitrogen functional groups attached to an aromatic ring is 1. The first-order chi connectivity index (χ1) is 7.66. The minimum absolute atomic E-state index is 0.0691. The highest BCUT2D eigenvalue weighted by Crippen LogP contribution is 2.28. The van der Waals surface area contributed by atoms with E-state index in [-0.39, 0.29) is 11.6 Å². The maximum Gasteiger partial charge on any atom is 0.147 e. The van der Waals surface area contributed by atoms with Crippen LogP contribution >= 0.6 is 0 Å². The van der Waals surface area contributed by atoms with Gasteiger partial charge in [0.25, 0.3) is 0 Å². The van der Waals surface area contributed by atoms with Crippen LogP contribution in [0.5, 0.6) is 0 Å². The zero-order valence-corrected chi connectivity index (χ0v) is 9.63. The molecule has 1 aliphatic rings. The number of nitrogens with two attached hydrogens (primary N) is 1. The second kappa shape index (κ2) is 4.93. The molecule has 0 aliphatic heterocycles. The van der Waals surface area contributed by atoms with E-state index in [4.69, 9.17) is 10.5 Å². The second-order valence-corrected chi connectivity index (χ2v) is 5.36. The molecule has 3 nitrogen and oxygen atoms in total. The first kappa shape index (κ1) is 11.5. The van der Waals surface area contributed by atoms with Crippen LogP contribution in [0.2, 0.25) is 0 Å². The van der Waals surface area contributed by atoms with Crippen LogP contribution in [0.15, 0.2) is 23.1 Å². The Morgan fingerprint density at radius 1 is 1.50 bits per heavy atom. The highest BCUT2D eigenvalue weighted by atomic mass is 32.2. The standard InChI is InChI=1S/C11H14FNO2S/c12-10-5-9(3-4-11(10)13)16(14)7-15-6-8-1-2-8/h3-5,8H,1-2,6-7,13H2. The Kier molecular flexibility index (Phi) is 3.56. The van der Waals surface area contributed by atoms with Crippen LogP contribution in [0.4, 0.5) is 10.1 Å². The maximum atomic E-state index is 13.1. The Labute approximate surface area is 96.2 Å². The number of ether oxygens (including phenoxy) is 1. The molecule has 1 atom stereocenters. The topological polar surface area (TPSA) is 52.3 Å². The molecule has 0 heterocycles. The summed E-state index contributed by atoms with van der Waals surface area (Å²) in [6, 6.07) is 4.18. The molecular formula is C11H14FNO2S. The molecule has 1 aliphatic carbocycles. The minimum atomic E-state index is -1.31. The van der Waals surface area contributed by atoms with Crippen LogP contribution in [-0.2, 0) is 15.5 Å². The Balaban J connectivity index is 1.88. The van der Waals surface area contributed by atoms with Gasteiger partial charge in [0.15, 0.2) is 0 Å². The number of halogens is 1. The van der Waals surface area contributed by atoms with Gasteiger partial charge in [0.2, 0.25) is 0 Å². The number of hydrogen-bond donors (Lipinski definition) is 1. The van der Waals surface area contributed by atoms with Crippen molar-refractivity contribution in [3.8, 4) is 0 Å². The van der Waals surface area contributed by atoms with Gasteiger partial charge in [-0.3, -0.25) is 4.21 Å². The van der Waals surface area contributed by atoms with Crippen molar-refractivity contribution in [2.75, 3.05) is 18.3 Å². The van der Waals surface area contributed by atoms with Gasteiger partial charge in [0.05, 0.1) is 23.1 Å². The summed E-state index contributed by atoms with van der Waals surface area (Å²) >= 11 is 0. The normalized spacial score (nSPS) is 17.3. The molecule has 0 amide bonds. The van der Waals surface area contributed by atoms with Gasteiger partial charge in [-0.25, -0.2) is 4.39 Å². The van der Waals surface area contributed by atoms with Crippen molar-refractivity contribution < 1.29 is 13.3 Å². The molecule has 0 saturated heterocycles. The van der Waals surface area contributed by atoms with Gasteiger partial charge in [-0.2, -0.15) is 0 Å². The first-order valence-electron chi connectivity index (χ1n) is 5.18. The molecule has 1 saturated carbocycles. The SMILES string of the molecule is Nc1ccc(S(=O)COCC2CC2)cc1F. The van der Waals surface area contributed by atoms with Gasteiger partial charge < -0.3 is 10.5 Å². The molecule has 0 radical (unpaired) electrons. The summed E-state index contributed by atoms with van der Waals surface area (Å²) in [5, 5.41) is 0. The van der Waals surface area contributed by atoms with Crippen molar-refractivity contribution in [2.45, 2.75) is 17.7 Å². The van der Waals surface area contributed by atoms with E-state index in [1.807, 2.05) is 0 Å². The lowest BCUT2D eigenvalue weighted by Gasteiger charge is -2.04. The van der Waals surface area contributed by atoms with Crippen LogP contribution in [0.25, 0.3) is 0 Å². The zero-order valence-electron chi connectivity index (χ0n) is 8.82. The molecule has 0 spiro atoms. The predicted molar refractivity (Wildman–Crippen MR) is 60.8 cm³/mol. The van der Waals surface area contributed by atoms with Crippen LogP contribution in [-0.4, -0.2) is 16.8 Å². The fourth-order valence-electron chi connectivity index (χ4n) is 1.29. The van der Waals surface area contributed by atoms with E-state index in [1.54, 1.807) is 6.07 Å². The molecule has 0 aromatic heterocycles. The molecule has 1 aromatic rings. The van der Waals surface area contributed by atoms with Gasteiger partial charge in [-0.05, 0) is 37.0 Å². The monoisotopic (exact) mass is 243 g/mol. The second-order valence-electron chi connectivity index (χ2n) is 3.96. The average molecular weight is 243 g/mol. The summed E-state index contributed by atoms with van der Waals surface area (Å²) in [7, 11) is -1.31. The molecule has 0 bridgehead atoms. The smallest absolute Gasteiger partial charge is 0.147 e. The van der Waals surface area contributed by atoms with Crippen molar-refractivity contribution in [1.82, 2.24) is 0 Å². The number of benzene rings is 1. The first-order valence-corrected chi connectivity index (χ1v) is 6.50. The number of anilines is 1. The highest BCUT2D eigenvalue weighted by Gasteiger charge is 2.21. The van der Waals surface area contributed by atoms with Crippen LogP contribution < -0.4 is 5.73 Å². The third-order valence-electron chi connectivity index (χ3n) is 2.48. The van der Waals surface area contributed by atoms with E-state index in [9.17, 15) is 8.60 Å². The molecular weight excluding hydrogens is 229 g/mol. The van der Waals surface area contributed by atoms with E-state index in [2.05, 4.69) is 0 Å². The average Bonchev–Trinajstić information content (AvgIpc) is 3.06. The molecule has 1 unspecified atom stereocenters. The van der Waals surface area contributed by atoms with Crippen molar-refractivity contribution in [2.24, 2.45) is 5.92 Å². The third kappa shape index (κ3) is 3.02. The Bertz CT molecular complexity index is 407. The maximum absolute atomic E-state index is 13.1. The molecule has 5 heteroatoms. The van der Waals surface area contributed by atoms with Crippen LogP contribution in [0, 0.1) is 11.7 Å². The summed E-state index contributed by atoms with van der Waals surface area (Å²) in [6.07, 6.45) is 2.40. The minimum Gasteiger partial charge on any atom is -0.396 e. The molecule has 1 aromatic carbocycles. The quantitative estimate of drug-likeness (QED) is 0.804. The zero-order chi connectivity index (χ0) is 11.5.